The summed E-state index contributed by atoms with van der Waals surface area (Å²) in [6, 6.07) is 3.80. The van der Waals surface area contributed by atoms with Gasteiger partial charge in [0.1, 0.15) is 5.82 Å². The van der Waals surface area contributed by atoms with E-state index in [2.05, 4.69) is 18.8 Å². The number of anilines is 1. The quantitative estimate of drug-likeness (QED) is 0.591. The molecule has 0 N–H and O–H groups in total. The van der Waals surface area contributed by atoms with Gasteiger partial charge in [0.25, 0.3) is 0 Å². The second-order valence-electron chi connectivity index (χ2n) is 7.45. The van der Waals surface area contributed by atoms with Crippen LogP contribution in [-0.4, -0.2) is 16.8 Å². The summed E-state index contributed by atoms with van der Waals surface area (Å²) in [4.78, 5) is 31.8. The normalized spacial score (nSPS) is 32.0. The number of carbonyl (C=O) groups excluding carboxylic acids is 2. The van der Waals surface area contributed by atoms with Crippen molar-refractivity contribution >= 4 is 17.6 Å². The van der Waals surface area contributed by atoms with E-state index >= 15 is 0 Å². The van der Waals surface area contributed by atoms with Crippen LogP contribution in [0.25, 0.3) is 0 Å². The molecule has 1 saturated heterocycles. The van der Waals surface area contributed by atoms with E-state index in [9.17, 15) is 9.59 Å². The number of nitrogens with zero attached hydrogens (tertiary/aromatic N) is 2. The fourth-order valence-electron chi connectivity index (χ4n) is 5.15. The average molecular weight is 310 g/mol. The molecule has 1 aromatic heterocycles. The zero-order chi connectivity index (χ0) is 16.5. The number of rotatable bonds is 1. The Hall–Kier alpha value is -1.97. The first-order chi connectivity index (χ1) is 10.9. The third kappa shape index (κ3) is 1.87. The maximum atomic E-state index is 13.0. The minimum atomic E-state index is -0.159. The summed E-state index contributed by atoms with van der Waals surface area (Å²) >= 11 is 0. The van der Waals surface area contributed by atoms with Crippen LogP contribution in [0.3, 0.4) is 0 Å². The van der Waals surface area contributed by atoms with Crippen molar-refractivity contribution in [2.45, 2.75) is 40.5 Å². The maximum Gasteiger partial charge on any atom is 0.239 e. The number of aryl methyl sites for hydroxylation is 2. The summed E-state index contributed by atoms with van der Waals surface area (Å²) in [6.45, 7) is 8.09. The van der Waals surface area contributed by atoms with Crippen molar-refractivity contribution in [2.75, 3.05) is 4.90 Å². The number of aromatic nitrogens is 1. The fraction of sp³-hybridized carbons (Fsp3) is 0.526. The summed E-state index contributed by atoms with van der Waals surface area (Å²) in [5.41, 5.74) is 4.54. The van der Waals surface area contributed by atoms with Gasteiger partial charge < -0.3 is 0 Å². The molecule has 4 nitrogen and oxygen atoms in total. The van der Waals surface area contributed by atoms with Gasteiger partial charge in [-0.15, -0.1) is 0 Å². The van der Waals surface area contributed by atoms with Gasteiger partial charge in [-0.2, -0.15) is 0 Å². The Kier molecular flexibility index (Phi) is 3.03. The zero-order valence-corrected chi connectivity index (χ0v) is 14.1. The van der Waals surface area contributed by atoms with E-state index in [-0.39, 0.29) is 35.5 Å². The lowest BCUT2D eigenvalue weighted by Crippen LogP contribution is -2.34. The third-order valence-corrected chi connectivity index (χ3v) is 5.74. The molecule has 1 aliphatic heterocycles. The Morgan fingerprint density at radius 3 is 2.09 bits per heavy atom. The fourth-order valence-corrected chi connectivity index (χ4v) is 5.15. The van der Waals surface area contributed by atoms with Crippen molar-refractivity contribution in [1.29, 1.82) is 0 Å². The molecule has 3 aliphatic rings. The van der Waals surface area contributed by atoms with Gasteiger partial charge in [-0.1, -0.05) is 11.1 Å². The van der Waals surface area contributed by atoms with Gasteiger partial charge in [-0.25, -0.2) is 9.88 Å². The lowest BCUT2D eigenvalue weighted by molar-refractivity contribution is -0.123. The first-order valence-electron chi connectivity index (χ1n) is 8.40. The number of pyridine rings is 1. The van der Waals surface area contributed by atoms with Crippen molar-refractivity contribution in [3.05, 3.63) is 34.5 Å². The molecule has 4 heteroatoms. The SMILES string of the molecule is CC(C)=C1C2CCC1C1C(=O)N(c3cc(C)cc(C)n3)C(=O)C21. The lowest BCUT2D eigenvalue weighted by Gasteiger charge is -2.19. The van der Waals surface area contributed by atoms with Gasteiger partial charge >= 0.3 is 0 Å². The Balaban J connectivity index is 1.77. The van der Waals surface area contributed by atoms with Crippen LogP contribution in [0.5, 0.6) is 0 Å². The molecule has 120 valence electrons. The van der Waals surface area contributed by atoms with Gasteiger partial charge in [0.15, 0.2) is 0 Å². The van der Waals surface area contributed by atoms with Crippen LogP contribution in [0.4, 0.5) is 5.82 Å². The third-order valence-electron chi connectivity index (χ3n) is 5.74. The molecule has 4 unspecified atom stereocenters. The van der Waals surface area contributed by atoms with Gasteiger partial charge in [0, 0.05) is 5.69 Å². The lowest BCUT2D eigenvalue weighted by atomic mass is 9.81. The second kappa shape index (κ2) is 4.76. The summed E-state index contributed by atoms with van der Waals surface area (Å²) in [5.74, 6) is 0.643. The highest BCUT2D eigenvalue weighted by Gasteiger charge is 2.63. The Labute approximate surface area is 136 Å². The van der Waals surface area contributed by atoms with E-state index in [1.54, 1.807) is 0 Å². The molecule has 2 heterocycles. The molecule has 3 fully saturated rings. The highest BCUT2D eigenvalue weighted by Crippen LogP contribution is 2.60. The van der Waals surface area contributed by atoms with Crippen molar-refractivity contribution in [3.8, 4) is 0 Å². The number of hydrogen-bond acceptors (Lipinski definition) is 3. The van der Waals surface area contributed by atoms with Crippen LogP contribution in [-0.2, 0) is 9.59 Å². The molecule has 2 saturated carbocycles. The van der Waals surface area contributed by atoms with Crippen molar-refractivity contribution in [3.63, 3.8) is 0 Å². The summed E-state index contributed by atoms with van der Waals surface area (Å²) in [5, 5.41) is 0. The average Bonchev–Trinajstić information content (AvgIpc) is 3.08. The Morgan fingerprint density at radius 2 is 1.61 bits per heavy atom. The van der Waals surface area contributed by atoms with Crippen LogP contribution in [0.2, 0.25) is 0 Å². The first kappa shape index (κ1) is 14.6. The number of hydrogen-bond donors (Lipinski definition) is 0. The zero-order valence-electron chi connectivity index (χ0n) is 14.1. The van der Waals surface area contributed by atoms with Gasteiger partial charge in [0.05, 0.1) is 11.8 Å². The number of fused-ring (bicyclic) bond motifs is 5. The number of amides is 2. The van der Waals surface area contributed by atoms with E-state index in [1.165, 1.54) is 16.0 Å². The molecule has 1 aromatic rings. The molecule has 0 aromatic carbocycles. The van der Waals surface area contributed by atoms with E-state index in [0.717, 1.165) is 24.1 Å². The Morgan fingerprint density at radius 1 is 1.04 bits per heavy atom. The topological polar surface area (TPSA) is 50.3 Å². The minimum Gasteiger partial charge on any atom is -0.274 e. The van der Waals surface area contributed by atoms with E-state index < -0.39 is 0 Å². The number of allylic oxidation sites excluding steroid dienone is 2. The predicted molar refractivity (Wildman–Crippen MR) is 87.8 cm³/mol. The van der Waals surface area contributed by atoms with Crippen LogP contribution < -0.4 is 4.90 Å². The molecule has 23 heavy (non-hydrogen) atoms. The van der Waals surface area contributed by atoms with E-state index in [4.69, 9.17) is 0 Å². The highest BCUT2D eigenvalue weighted by molar-refractivity contribution is 6.22. The van der Waals surface area contributed by atoms with Crippen LogP contribution in [0.15, 0.2) is 23.3 Å². The van der Waals surface area contributed by atoms with Crippen LogP contribution >= 0.6 is 0 Å². The minimum absolute atomic E-state index is 0.0385. The van der Waals surface area contributed by atoms with Crippen molar-refractivity contribution < 1.29 is 9.59 Å². The summed E-state index contributed by atoms with van der Waals surface area (Å²) < 4.78 is 0. The molecule has 0 spiro atoms. The summed E-state index contributed by atoms with van der Waals surface area (Å²) in [6.07, 6.45) is 2.08. The van der Waals surface area contributed by atoms with Crippen LogP contribution in [0.1, 0.15) is 37.9 Å². The standard InChI is InChI=1S/C19H22N2O2/c1-9(2)15-12-5-6-13(15)17-16(12)18(22)21(19(17)23)14-8-10(3)7-11(4)20-14/h7-8,12-13,16-17H,5-6H2,1-4H3. The van der Waals surface area contributed by atoms with E-state index in [1.807, 2.05) is 26.0 Å². The van der Waals surface area contributed by atoms with Crippen molar-refractivity contribution in [2.24, 2.45) is 23.7 Å². The molecule has 0 radical (unpaired) electrons. The molecular weight excluding hydrogens is 288 g/mol. The predicted octanol–water partition coefficient (Wildman–Crippen LogP) is 3.18. The molecule has 2 amide bonds. The Bertz CT molecular complexity index is 708. The van der Waals surface area contributed by atoms with Gasteiger partial charge in [0.2, 0.25) is 11.8 Å². The maximum absolute atomic E-state index is 13.0. The largest absolute Gasteiger partial charge is 0.274 e. The molecule has 2 bridgehead atoms. The number of imide groups is 1. The van der Waals surface area contributed by atoms with Crippen molar-refractivity contribution in [1.82, 2.24) is 4.98 Å². The molecule has 2 aliphatic carbocycles. The van der Waals surface area contributed by atoms with E-state index in [0.29, 0.717) is 5.82 Å². The second-order valence-corrected chi connectivity index (χ2v) is 7.45. The first-order valence-corrected chi connectivity index (χ1v) is 8.40. The number of carbonyl (C=O) groups is 2. The molecule has 4 atom stereocenters. The smallest absolute Gasteiger partial charge is 0.239 e. The van der Waals surface area contributed by atoms with Crippen LogP contribution in [0, 0.1) is 37.5 Å². The monoisotopic (exact) mass is 310 g/mol. The molecule has 4 rings (SSSR count). The van der Waals surface area contributed by atoms with Gasteiger partial charge in [-0.3, -0.25) is 9.59 Å². The highest BCUT2D eigenvalue weighted by atomic mass is 16.2. The molecular formula is C19H22N2O2. The summed E-state index contributed by atoms with van der Waals surface area (Å²) in [7, 11) is 0. The van der Waals surface area contributed by atoms with Gasteiger partial charge in [-0.05, 0) is 70.1 Å².